The number of nitrogens with one attached hydrogen (secondary N) is 1. The minimum Gasteiger partial charge on any atom is -0.444 e. The third-order valence-corrected chi connectivity index (χ3v) is 4.27. The quantitative estimate of drug-likeness (QED) is 0.888. The smallest absolute Gasteiger partial charge is 0.194 e. The predicted octanol–water partition coefficient (Wildman–Crippen LogP) is 2.62. The summed E-state index contributed by atoms with van der Waals surface area (Å²) in [4.78, 5) is 6.97. The third-order valence-electron chi connectivity index (χ3n) is 4.27. The Morgan fingerprint density at radius 2 is 2.05 bits per heavy atom. The van der Waals surface area contributed by atoms with Crippen LogP contribution in [-0.2, 0) is 6.42 Å². The van der Waals surface area contributed by atoms with Gasteiger partial charge in [-0.1, -0.05) is 0 Å². The fourth-order valence-electron chi connectivity index (χ4n) is 2.68. The van der Waals surface area contributed by atoms with Crippen molar-refractivity contribution in [2.24, 2.45) is 5.92 Å². The van der Waals surface area contributed by atoms with Crippen LogP contribution in [0.2, 0.25) is 0 Å². The molecule has 4 heteroatoms. The Morgan fingerprint density at radius 1 is 1.37 bits per heavy atom. The lowest BCUT2D eigenvalue weighted by atomic mass is 9.93. The Kier molecular flexibility index (Phi) is 4.99. The van der Waals surface area contributed by atoms with E-state index in [0.717, 1.165) is 24.0 Å². The monoisotopic (exact) mass is 265 g/mol. The van der Waals surface area contributed by atoms with Gasteiger partial charge in [0.2, 0.25) is 0 Å². The highest BCUT2D eigenvalue weighted by Gasteiger charge is 2.22. The molecule has 2 rings (SSSR count). The molecule has 0 aliphatic carbocycles. The average molecular weight is 265 g/mol. The first kappa shape index (κ1) is 14.5. The number of nitrogens with zero attached hydrogens (tertiary/aromatic N) is 2. The molecular formula is C15H27N3O. The van der Waals surface area contributed by atoms with Crippen LogP contribution in [0.5, 0.6) is 0 Å². The molecule has 1 aromatic heterocycles. The topological polar surface area (TPSA) is 41.3 Å². The van der Waals surface area contributed by atoms with Gasteiger partial charge in [-0.15, -0.1) is 0 Å². The van der Waals surface area contributed by atoms with E-state index in [4.69, 9.17) is 4.42 Å². The van der Waals surface area contributed by atoms with Crippen LogP contribution < -0.4 is 5.32 Å². The normalized spacial score (nSPS) is 20.1. The maximum Gasteiger partial charge on any atom is 0.194 e. The Hall–Kier alpha value is -0.870. The van der Waals surface area contributed by atoms with Crippen LogP contribution in [0.4, 0.5) is 0 Å². The van der Waals surface area contributed by atoms with Crippen LogP contribution in [0.15, 0.2) is 10.6 Å². The molecule has 108 valence electrons. The van der Waals surface area contributed by atoms with E-state index in [1.807, 2.05) is 13.2 Å². The van der Waals surface area contributed by atoms with Gasteiger partial charge in [-0.2, -0.15) is 0 Å². The number of hydrogen-bond donors (Lipinski definition) is 1. The molecule has 1 fully saturated rings. The zero-order chi connectivity index (χ0) is 13.8. The molecule has 1 aromatic rings. The van der Waals surface area contributed by atoms with Crippen molar-refractivity contribution in [2.75, 3.05) is 20.1 Å². The lowest BCUT2D eigenvalue weighted by Crippen LogP contribution is -2.38. The van der Waals surface area contributed by atoms with Gasteiger partial charge in [0.1, 0.15) is 5.76 Å². The third kappa shape index (κ3) is 3.80. The summed E-state index contributed by atoms with van der Waals surface area (Å²) < 4.78 is 5.83. The fourth-order valence-corrected chi connectivity index (χ4v) is 2.68. The second-order valence-corrected chi connectivity index (χ2v) is 5.94. The summed E-state index contributed by atoms with van der Waals surface area (Å²) in [5.74, 6) is 2.57. The molecule has 4 nitrogen and oxygen atoms in total. The molecule has 1 aliphatic heterocycles. The molecule has 2 heterocycles. The largest absolute Gasteiger partial charge is 0.444 e. The first-order valence-electron chi connectivity index (χ1n) is 7.46. The molecule has 19 heavy (non-hydrogen) atoms. The second-order valence-electron chi connectivity index (χ2n) is 5.94. The van der Waals surface area contributed by atoms with Crippen LogP contribution in [0.1, 0.15) is 51.3 Å². The van der Waals surface area contributed by atoms with Crippen LogP contribution in [0.25, 0.3) is 0 Å². The van der Waals surface area contributed by atoms with Crippen LogP contribution in [0.3, 0.4) is 0 Å². The number of hydrogen-bond acceptors (Lipinski definition) is 4. The summed E-state index contributed by atoms with van der Waals surface area (Å²) in [6.07, 6.45) is 5.37. The van der Waals surface area contributed by atoms with Gasteiger partial charge in [0.15, 0.2) is 5.89 Å². The van der Waals surface area contributed by atoms with E-state index in [2.05, 4.69) is 36.0 Å². The van der Waals surface area contributed by atoms with E-state index < -0.39 is 0 Å². The van der Waals surface area contributed by atoms with Gasteiger partial charge in [0, 0.05) is 12.5 Å². The summed E-state index contributed by atoms with van der Waals surface area (Å²) in [5, 5.41) is 3.18. The van der Waals surface area contributed by atoms with Crippen molar-refractivity contribution in [1.82, 2.24) is 15.2 Å². The number of rotatable bonds is 5. The molecule has 0 aromatic carbocycles. The van der Waals surface area contributed by atoms with Crippen LogP contribution in [-0.4, -0.2) is 36.1 Å². The van der Waals surface area contributed by atoms with E-state index in [1.165, 1.54) is 25.9 Å². The van der Waals surface area contributed by atoms with Crippen LogP contribution in [0, 0.1) is 5.92 Å². The summed E-state index contributed by atoms with van der Waals surface area (Å²) >= 11 is 0. The van der Waals surface area contributed by atoms with E-state index >= 15 is 0 Å². The average Bonchev–Trinajstić information content (AvgIpc) is 2.87. The first-order chi connectivity index (χ1) is 9.10. The Labute approximate surface area is 116 Å². The van der Waals surface area contributed by atoms with Crippen molar-refractivity contribution in [3.63, 3.8) is 0 Å². The van der Waals surface area contributed by atoms with Gasteiger partial charge in [-0.05, 0) is 59.7 Å². The number of likely N-dealkylation sites (tertiary alicyclic amines) is 1. The van der Waals surface area contributed by atoms with Crippen molar-refractivity contribution >= 4 is 0 Å². The molecule has 0 spiro atoms. The van der Waals surface area contributed by atoms with Gasteiger partial charge < -0.3 is 14.6 Å². The number of piperidine rings is 1. The second kappa shape index (κ2) is 6.53. The molecule has 1 atom stereocenters. The van der Waals surface area contributed by atoms with Crippen molar-refractivity contribution < 1.29 is 4.42 Å². The molecule has 0 radical (unpaired) electrons. The molecule has 1 N–H and O–H groups in total. The minimum absolute atomic E-state index is 0.240. The fraction of sp³-hybridized carbons (Fsp3) is 0.800. The zero-order valence-electron chi connectivity index (χ0n) is 12.6. The number of aromatic nitrogens is 1. The molecule has 1 saturated heterocycles. The van der Waals surface area contributed by atoms with Gasteiger partial charge >= 0.3 is 0 Å². The minimum atomic E-state index is 0.240. The van der Waals surface area contributed by atoms with E-state index in [9.17, 15) is 0 Å². The van der Waals surface area contributed by atoms with Crippen molar-refractivity contribution in [1.29, 1.82) is 0 Å². The summed E-state index contributed by atoms with van der Waals surface area (Å²) in [5.41, 5.74) is 0. The van der Waals surface area contributed by atoms with E-state index in [-0.39, 0.29) is 6.04 Å². The summed E-state index contributed by atoms with van der Waals surface area (Å²) in [7, 11) is 1.94. The summed E-state index contributed by atoms with van der Waals surface area (Å²) in [6, 6.07) is 0.912. The van der Waals surface area contributed by atoms with Gasteiger partial charge in [-0.25, -0.2) is 4.98 Å². The highest BCUT2D eigenvalue weighted by Crippen LogP contribution is 2.23. The van der Waals surface area contributed by atoms with Gasteiger partial charge in [0.25, 0.3) is 0 Å². The Balaban J connectivity index is 1.84. The van der Waals surface area contributed by atoms with Gasteiger partial charge in [-0.3, -0.25) is 0 Å². The maximum absolute atomic E-state index is 5.83. The maximum atomic E-state index is 5.83. The van der Waals surface area contributed by atoms with E-state index in [1.54, 1.807) is 0 Å². The lowest BCUT2D eigenvalue weighted by molar-refractivity contribution is 0.146. The lowest BCUT2D eigenvalue weighted by Gasteiger charge is -2.34. The highest BCUT2D eigenvalue weighted by molar-refractivity contribution is 5.00. The molecule has 1 unspecified atom stereocenters. The Morgan fingerprint density at radius 3 is 2.63 bits per heavy atom. The van der Waals surface area contributed by atoms with Crippen molar-refractivity contribution in [2.45, 2.75) is 52.1 Å². The molecular weight excluding hydrogens is 238 g/mol. The first-order valence-corrected chi connectivity index (χ1v) is 7.46. The predicted molar refractivity (Wildman–Crippen MR) is 77.1 cm³/mol. The summed E-state index contributed by atoms with van der Waals surface area (Å²) in [6.45, 7) is 9.07. The molecule has 1 aliphatic rings. The van der Waals surface area contributed by atoms with E-state index in [0.29, 0.717) is 6.04 Å². The van der Waals surface area contributed by atoms with Gasteiger partial charge in [0.05, 0.1) is 12.2 Å². The standard InChI is InChI=1S/C15H27N3O/c1-11(2)18-7-5-13(6-8-18)9-15-17-10-14(19-15)12(3)16-4/h10-13,16H,5-9H2,1-4H3. The Bertz CT molecular complexity index is 380. The van der Waals surface area contributed by atoms with Crippen molar-refractivity contribution in [3.05, 3.63) is 17.8 Å². The van der Waals surface area contributed by atoms with Crippen molar-refractivity contribution in [3.8, 4) is 0 Å². The zero-order valence-corrected chi connectivity index (χ0v) is 12.6. The number of oxazole rings is 1. The van der Waals surface area contributed by atoms with Crippen LogP contribution >= 0.6 is 0 Å². The molecule has 0 bridgehead atoms. The SMILES string of the molecule is CNC(C)c1cnc(CC2CCN(C(C)C)CC2)o1. The highest BCUT2D eigenvalue weighted by atomic mass is 16.4. The molecule has 0 saturated carbocycles. The molecule has 0 amide bonds.